The normalized spacial score (nSPS) is 14.7. The lowest BCUT2D eigenvalue weighted by Gasteiger charge is -2.04. The Kier molecular flexibility index (Phi) is 2.26. The number of aromatic nitrogens is 1. The van der Waals surface area contributed by atoms with Crippen molar-refractivity contribution in [3.8, 4) is 0 Å². The summed E-state index contributed by atoms with van der Waals surface area (Å²) in [4.78, 5) is 3.80. The summed E-state index contributed by atoms with van der Waals surface area (Å²) in [6.45, 7) is 0. The molecule has 0 aliphatic rings. The number of rotatable bonds is 2. The molecule has 1 atom stereocenters. The molecule has 1 heterocycles. The lowest BCUT2D eigenvalue weighted by atomic mass is 10.5. The smallest absolute Gasteiger partial charge is 0.168 e. The second-order valence-corrected chi connectivity index (χ2v) is 5.05. The van der Waals surface area contributed by atoms with Gasteiger partial charge in [0, 0.05) is 11.6 Å². The summed E-state index contributed by atoms with van der Waals surface area (Å²) < 4.78 is 21.7. The fourth-order valence-corrected chi connectivity index (χ4v) is 1.83. The molecule has 0 aliphatic carbocycles. The maximum absolute atomic E-state index is 10.9. The Hall–Kier alpha value is -0.460. The van der Waals surface area contributed by atoms with E-state index in [9.17, 15) is 8.42 Å². The van der Waals surface area contributed by atoms with E-state index in [0.29, 0.717) is 5.69 Å². The molecule has 0 spiro atoms. The van der Waals surface area contributed by atoms with E-state index in [1.165, 1.54) is 11.3 Å². The molecule has 6 heteroatoms. The van der Waals surface area contributed by atoms with Crippen LogP contribution in [0.5, 0.6) is 0 Å². The van der Waals surface area contributed by atoms with Gasteiger partial charge in [-0.2, -0.15) is 0 Å². The molecule has 1 rings (SSSR count). The Morgan fingerprint density at radius 1 is 1.73 bits per heavy atom. The second-order valence-electron chi connectivity index (χ2n) is 2.16. The van der Waals surface area contributed by atoms with E-state index in [-0.39, 0.29) is 0 Å². The van der Waals surface area contributed by atoms with E-state index in [4.69, 9.17) is 5.73 Å². The first-order valence-corrected chi connectivity index (χ1v) is 5.74. The molecule has 0 aliphatic heterocycles. The third-order valence-corrected chi connectivity index (χ3v) is 2.97. The summed E-state index contributed by atoms with van der Waals surface area (Å²) >= 11 is 1.33. The maximum Gasteiger partial charge on any atom is 0.168 e. The van der Waals surface area contributed by atoms with Gasteiger partial charge in [0.15, 0.2) is 15.2 Å². The fourth-order valence-electron chi connectivity index (χ4n) is 0.582. The van der Waals surface area contributed by atoms with Gasteiger partial charge < -0.3 is 5.73 Å². The van der Waals surface area contributed by atoms with Gasteiger partial charge in [0.25, 0.3) is 0 Å². The third-order valence-electron chi connectivity index (χ3n) is 1.20. The van der Waals surface area contributed by atoms with Crippen LogP contribution in [0.15, 0.2) is 10.9 Å². The standard InChI is InChI=1S/C5H8N2O2S2/c1-11(8,9)5(6)4-2-10-3-7-4/h2-3,5H,6H2,1H3. The molecule has 4 nitrogen and oxygen atoms in total. The number of nitrogens with zero attached hydrogens (tertiary/aromatic N) is 1. The van der Waals surface area contributed by atoms with Crippen molar-refractivity contribution in [1.29, 1.82) is 0 Å². The minimum atomic E-state index is -3.20. The molecule has 0 aromatic carbocycles. The lowest BCUT2D eigenvalue weighted by molar-refractivity contribution is 0.588. The molecule has 0 amide bonds. The SMILES string of the molecule is CS(=O)(=O)C(N)c1cscn1. The average molecular weight is 192 g/mol. The molecule has 1 aromatic rings. The van der Waals surface area contributed by atoms with Crippen molar-refractivity contribution in [3.63, 3.8) is 0 Å². The van der Waals surface area contributed by atoms with Crippen LogP contribution in [0, 0.1) is 0 Å². The van der Waals surface area contributed by atoms with Crippen molar-refractivity contribution in [2.45, 2.75) is 5.37 Å². The highest BCUT2D eigenvalue weighted by Crippen LogP contribution is 2.14. The van der Waals surface area contributed by atoms with Gasteiger partial charge in [0.05, 0.1) is 11.2 Å². The summed E-state index contributed by atoms with van der Waals surface area (Å²) in [6, 6.07) is 0. The summed E-state index contributed by atoms with van der Waals surface area (Å²) in [5.74, 6) is 0. The number of sulfone groups is 1. The molecule has 0 fully saturated rings. The van der Waals surface area contributed by atoms with Gasteiger partial charge in [-0.15, -0.1) is 11.3 Å². The van der Waals surface area contributed by atoms with E-state index in [0.717, 1.165) is 6.26 Å². The minimum Gasteiger partial charge on any atom is -0.310 e. The highest BCUT2D eigenvalue weighted by Gasteiger charge is 2.18. The van der Waals surface area contributed by atoms with E-state index in [1.54, 1.807) is 10.9 Å². The zero-order valence-electron chi connectivity index (χ0n) is 5.89. The van der Waals surface area contributed by atoms with Gasteiger partial charge in [0.2, 0.25) is 0 Å². The predicted octanol–water partition coefficient (Wildman–Crippen LogP) is 0.145. The highest BCUT2D eigenvalue weighted by atomic mass is 32.2. The molecule has 0 radical (unpaired) electrons. The minimum absolute atomic E-state index is 0.414. The van der Waals surface area contributed by atoms with Gasteiger partial charge in [0.1, 0.15) is 0 Å². The molecular weight excluding hydrogens is 184 g/mol. The molecule has 2 N–H and O–H groups in total. The van der Waals surface area contributed by atoms with Crippen LogP contribution < -0.4 is 5.73 Å². The first-order chi connectivity index (χ1) is 5.02. The van der Waals surface area contributed by atoms with Crippen LogP contribution in [0.3, 0.4) is 0 Å². The topological polar surface area (TPSA) is 73.0 Å². The maximum atomic E-state index is 10.9. The first-order valence-electron chi connectivity index (χ1n) is 2.84. The largest absolute Gasteiger partial charge is 0.310 e. The molecule has 0 saturated carbocycles. The Balaban J connectivity index is 2.97. The van der Waals surface area contributed by atoms with Crippen LogP contribution in [-0.2, 0) is 9.84 Å². The van der Waals surface area contributed by atoms with Crippen LogP contribution in [0.2, 0.25) is 0 Å². The van der Waals surface area contributed by atoms with Gasteiger partial charge in [-0.25, -0.2) is 13.4 Å². The Morgan fingerprint density at radius 2 is 2.36 bits per heavy atom. The van der Waals surface area contributed by atoms with Crippen molar-refractivity contribution < 1.29 is 8.42 Å². The lowest BCUT2D eigenvalue weighted by Crippen LogP contribution is -2.20. The van der Waals surface area contributed by atoms with Crippen LogP contribution in [0.1, 0.15) is 11.1 Å². The Morgan fingerprint density at radius 3 is 2.73 bits per heavy atom. The quantitative estimate of drug-likeness (QED) is 0.723. The van der Waals surface area contributed by atoms with Gasteiger partial charge in [-0.3, -0.25) is 0 Å². The van der Waals surface area contributed by atoms with Crippen molar-refractivity contribution in [1.82, 2.24) is 4.98 Å². The monoisotopic (exact) mass is 192 g/mol. The fraction of sp³-hybridized carbons (Fsp3) is 0.400. The average Bonchev–Trinajstić information content (AvgIpc) is 2.34. The Bertz CT molecular complexity index is 316. The molecule has 1 unspecified atom stereocenters. The van der Waals surface area contributed by atoms with Crippen molar-refractivity contribution in [3.05, 3.63) is 16.6 Å². The van der Waals surface area contributed by atoms with E-state index in [2.05, 4.69) is 4.98 Å². The zero-order chi connectivity index (χ0) is 8.48. The van der Waals surface area contributed by atoms with Crippen molar-refractivity contribution in [2.75, 3.05) is 6.26 Å². The van der Waals surface area contributed by atoms with Crippen LogP contribution >= 0.6 is 11.3 Å². The summed E-state index contributed by atoms with van der Waals surface area (Å²) in [7, 11) is -3.20. The highest BCUT2D eigenvalue weighted by molar-refractivity contribution is 7.90. The van der Waals surface area contributed by atoms with E-state index in [1.807, 2.05) is 0 Å². The van der Waals surface area contributed by atoms with Gasteiger partial charge in [-0.05, 0) is 0 Å². The summed E-state index contributed by atoms with van der Waals surface area (Å²) in [6.07, 6.45) is 1.09. The Labute approximate surface area is 69.0 Å². The molecule has 62 valence electrons. The first kappa shape index (κ1) is 8.63. The number of nitrogens with two attached hydrogens (primary N) is 1. The van der Waals surface area contributed by atoms with Crippen LogP contribution in [-0.4, -0.2) is 19.7 Å². The number of thiazole rings is 1. The molecule has 0 bridgehead atoms. The zero-order valence-corrected chi connectivity index (χ0v) is 7.52. The van der Waals surface area contributed by atoms with Crippen LogP contribution in [0.25, 0.3) is 0 Å². The molecule has 0 saturated heterocycles. The summed E-state index contributed by atoms with van der Waals surface area (Å²) in [5, 5.41) is 0.653. The van der Waals surface area contributed by atoms with Crippen molar-refractivity contribution >= 4 is 21.2 Å². The predicted molar refractivity (Wildman–Crippen MR) is 43.9 cm³/mol. The summed E-state index contributed by atoms with van der Waals surface area (Å²) in [5.41, 5.74) is 7.34. The number of hydrogen-bond donors (Lipinski definition) is 1. The van der Waals surface area contributed by atoms with E-state index >= 15 is 0 Å². The number of hydrogen-bond acceptors (Lipinski definition) is 5. The molecule has 1 aromatic heterocycles. The molecular formula is C5H8N2O2S2. The second kappa shape index (κ2) is 2.88. The molecule has 11 heavy (non-hydrogen) atoms. The van der Waals surface area contributed by atoms with Crippen LogP contribution in [0.4, 0.5) is 0 Å². The van der Waals surface area contributed by atoms with Crippen molar-refractivity contribution in [2.24, 2.45) is 5.73 Å². The third kappa shape index (κ3) is 1.98. The van der Waals surface area contributed by atoms with Gasteiger partial charge >= 0.3 is 0 Å². The van der Waals surface area contributed by atoms with Gasteiger partial charge in [-0.1, -0.05) is 0 Å². The van der Waals surface area contributed by atoms with E-state index < -0.39 is 15.2 Å².